The Morgan fingerprint density at radius 3 is 2.20 bits per heavy atom. The summed E-state index contributed by atoms with van der Waals surface area (Å²) < 4.78 is 0. The summed E-state index contributed by atoms with van der Waals surface area (Å²) in [5, 5.41) is 6.50. The molecular weight excluding hydrogens is 214 g/mol. The molecule has 0 aromatic carbocycles. The van der Waals surface area contributed by atoms with Gasteiger partial charge in [0, 0.05) is 25.2 Å². The Morgan fingerprint density at radius 1 is 1.27 bits per heavy atom. The Labute approximate surface area is 97.2 Å². The number of rotatable bonds is 1. The van der Waals surface area contributed by atoms with Gasteiger partial charge in [0.05, 0.1) is 6.04 Å². The van der Waals surface area contributed by atoms with Crippen molar-refractivity contribution in [3.63, 3.8) is 0 Å². The van der Waals surface area contributed by atoms with Crippen LogP contribution >= 0.6 is 12.4 Å². The molecule has 2 N–H and O–H groups in total. The number of nitrogens with one attached hydrogen (secondary N) is 2. The van der Waals surface area contributed by atoms with E-state index in [1.165, 1.54) is 0 Å². The molecule has 0 unspecified atom stereocenters. The van der Waals surface area contributed by atoms with Crippen molar-refractivity contribution in [3.8, 4) is 0 Å². The molecule has 1 amide bonds. The summed E-state index contributed by atoms with van der Waals surface area (Å²) >= 11 is 0. The summed E-state index contributed by atoms with van der Waals surface area (Å²) in [5.41, 5.74) is 0. The van der Waals surface area contributed by atoms with Crippen molar-refractivity contribution in [2.24, 2.45) is 0 Å². The molecule has 0 aromatic heterocycles. The van der Waals surface area contributed by atoms with Crippen LogP contribution in [0.1, 0.15) is 20.3 Å². The standard InChI is InChI=1S/C10H19N3O.ClH/c1-7-5-11-6-8(2)13(7)10(14)9-3-4-12-9;/h7-9,11-12H,3-6H2,1-2H3;1H/t7-,8+,9-;/m1./s1. The largest absolute Gasteiger partial charge is 0.333 e. The fourth-order valence-electron chi connectivity index (χ4n) is 2.25. The van der Waals surface area contributed by atoms with Gasteiger partial charge in [-0.15, -0.1) is 12.4 Å². The van der Waals surface area contributed by atoms with Crippen LogP contribution in [0.25, 0.3) is 0 Å². The van der Waals surface area contributed by atoms with E-state index >= 15 is 0 Å². The molecule has 2 fully saturated rings. The fourth-order valence-corrected chi connectivity index (χ4v) is 2.25. The van der Waals surface area contributed by atoms with Gasteiger partial charge in [-0.3, -0.25) is 4.79 Å². The van der Waals surface area contributed by atoms with Gasteiger partial charge < -0.3 is 15.5 Å². The van der Waals surface area contributed by atoms with Crippen molar-refractivity contribution in [1.29, 1.82) is 0 Å². The second-order valence-corrected chi connectivity index (χ2v) is 4.40. The number of halogens is 1. The van der Waals surface area contributed by atoms with Crippen molar-refractivity contribution < 1.29 is 4.79 Å². The third-order valence-corrected chi connectivity index (χ3v) is 3.21. The van der Waals surface area contributed by atoms with Gasteiger partial charge in [-0.25, -0.2) is 0 Å². The van der Waals surface area contributed by atoms with Gasteiger partial charge in [0.15, 0.2) is 0 Å². The number of nitrogens with zero attached hydrogens (tertiary/aromatic N) is 1. The van der Waals surface area contributed by atoms with Crippen LogP contribution in [0.4, 0.5) is 0 Å². The highest BCUT2D eigenvalue weighted by molar-refractivity contribution is 5.85. The summed E-state index contributed by atoms with van der Waals surface area (Å²) in [6.07, 6.45) is 1.00. The van der Waals surface area contributed by atoms with Gasteiger partial charge >= 0.3 is 0 Å². The first-order valence-electron chi connectivity index (χ1n) is 5.46. The molecule has 3 atom stereocenters. The average molecular weight is 234 g/mol. The second-order valence-electron chi connectivity index (χ2n) is 4.40. The predicted octanol–water partition coefficient (Wildman–Crippen LogP) is -0.0211. The van der Waals surface area contributed by atoms with Crippen LogP contribution in [-0.4, -0.2) is 48.6 Å². The SMILES string of the molecule is C[C@@H]1CNC[C@H](C)N1C(=O)[C@H]1CCN1.Cl. The summed E-state index contributed by atoms with van der Waals surface area (Å²) in [7, 11) is 0. The zero-order chi connectivity index (χ0) is 10.1. The summed E-state index contributed by atoms with van der Waals surface area (Å²) in [4.78, 5) is 14.1. The van der Waals surface area contributed by atoms with Gasteiger partial charge in [0.2, 0.25) is 5.91 Å². The van der Waals surface area contributed by atoms with E-state index in [1.807, 2.05) is 4.90 Å². The molecule has 0 saturated carbocycles. The van der Waals surface area contributed by atoms with Crippen molar-refractivity contribution in [2.45, 2.75) is 38.4 Å². The number of hydrogen-bond donors (Lipinski definition) is 2. The van der Waals surface area contributed by atoms with Gasteiger partial charge in [0.1, 0.15) is 0 Å². The molecule has 2 heterocycles. The molecule has 0 aliphatic carbocycles. The lowest BCUT2D eigenvalue weighted by atomic mass is 10.0. The Kier molecular flexibility index (Phi) is 4.37. The van der Waals surface area contributed by atoms with Crippen LogP contribution in [0.15, 0.2) is 0 Å². The van der Waals surface area contributed by atoms with E-state index in [0.29, 0.717) is 12.1 Å². The average Bonchev–Trinajstić information content (AvgIpc) is 2.00. The third-order valence-electron chi connectivity index (χ3n) is 3.21. The first-order chi connectivity index (χ1) is 6.70. The van der Waals surface area contributed by atoms with Crippen LogP contribution in [0.3, 0.4) is 0 Å². The summed E-state index contributed by atoms with van der Waals surface area (Å²) in [6.45, 7) is 7.05. The number of carbonyl (C=O) groups is 1. The first-order valence-corrected chi connectivity index (χ1v) is 5.46. The molecule has 2 aliphatic rings. The lowest BCUT2D eigenvalue weighted by Crippen LogP contribution is -2.63. The molecule has 0 bridgehead atoms. The van der Waals surface area contributed by atoms with E-state index in [9.17, 15) is 4.79 Å². The quantitative estimate of drug-likeness (QED) is 0.669. The highest BCUT2D eigenvalue weighted by Gasteiger charge is 2.35. The number of hydrogen-bond acceptors (Lipinski definition) is 3. The van der Waals surface area contributed by atoms with Crippen LogP contribution < -0.4 is 10.6 Å². The fraction of sp³-hybridized carbons (Fsp3) is 0.900. The number of piperazine rings is 1. The third kappa shape index (κ3) is 2.44. The minimum atomic E-state index is 0. The van der Waals surface area contributed by atoms with Crippen molar-refractivity contribution in [2.75, 3.05) is 19.6 Å². The van der Waals surface area contributed by atoms with Crippen LogP contribution in [0.2, 0.25) is 0 Å². The molecule has 0 radical (unpaired) electrons. The lowest BCUT2D eigenvalue weighted by Gasteiger charge is -2.43. The normalized spacial score (nSPS) is 35.3. The van der Waals surface area contributed by atoms with E-state index in [0.717, 1.165) is 26.1 Å². The second kappa shape index (κ2) is 5.14. The molecule has 2 rings (SSSR count). The molecule has 5 heteroatoms. The lowest BCUT2D eigenvalue weighted by molar-refractivity contribution is -0.140. The van der Waals surface area contributed by atoms with E-state index in [2.05, 4.69) is 24.5 Å². The number of carbonyl (C=O) groups excluding carboxylic acids is 1. The minimum Gasteiger partial charge on any atom is -0.333 e. The van der Waals surface area contributed by atoms with E-state index in [1.54, 1.807) is 0 Å². The Bertz CT molecular complexity index is 223. The van der Waals surface area contributed by atoms with Crippen LogP contribution in [0.5, 0.6) is 0 Å². The molecule has 4 nitrogen and oxygen atoms in total. The molecule has 0 spiro atoms. The van der Waals surface area contributed by atoms with Gasteiger partial charge in [-0.1, -0.05) is 0 Å². The highest BCUT2D eigenvalue weighted by atomic mass is 35.5. The van der Waals surface area contributed by atoms with Gasteiger partial charge in [-0.2, -0.15) is 0 Å². The molecule has 2 saturated heterocycles. The molecule has 0 aromatic rings. The highest BCUT2D eigenvalue weighted by Crippen LogP contribution is 2.15. The Hall–Kier alpha value is -0.320. The van der Waals surface area contributed by atoms with Crippen LogP contribution in [0, 0.1) is 0 Å². The smallest absolute Gasteiger partial charge is 0.240 e. The first kappa shape index (κ1) is 12.7. The van der Waals surface area contributed by atoms with Gasteiger partial charge in [-0.05, 0) is 26.8 Å². The molecule has 88 valence electrons. The molecule has 15 heavy (non-hydrogen) atoms. The Morgan fingerprint density at radius 2 is 1.80 bits per heavy atom. The van der Waals surface area contributed by atoms with E-state index in [4.69, 9.17) is 0 Å². The predicted molar refractivity (Wildman–Crippen MR) is 62.3 cm³/mol. The van der Waals surface area contributed by atoms with Crippen molar-refractivity contribution in [3.05, 3.63) is 0 Å². The van der Waals surface area contributed by atoms with E-state index in [-0.39, 0.29) is 24.4 Å². The van der Waals surface area contributed by atoms with Crippen LogP contribution in [-0.2, 0) is 4.79 Å². The maximum Gasteiger partial charge on any atom is 0.240 e. The maximum atomic E-state index is 12.0. The van der Waals surface area contributed by atoms with Gasteiger partial charge in [0.25, 0.3) is 0 Å². The Balaban J connectivity index is 0.00000112. The summed E-state index contributed by atoms with van der Waals surface area (Å²) in [5.74, 6) is 0.290. The zero-order valence-electron chi connectivity index (χ0n) is 9.32. The molecule has 2 aliphatic heterocycles. The summed E-state index contributed by atoms with van der Waals surface area (Å²) in [6, 6.07) is 0.750. The zero-order valence-corrected chi connectivity index (χ0v) is 10.1. The monoisotopic (exact) mass is 233 g/mol. The van der Waals surface area contributed by atoms with Crippen molar-refractivity contribution >= 4 is 18.3 Å². The number of amides is 1. The van der Waals surface area contributed by atoms with Crippen molar-refractivity contribution in [1.82, 2.24) is 15.5 Å². The minimum absolute atomic E-state index is 0. The topological polar surface area (TPSA) is 44.4 Å². The molecular formula is C10H20ClN3O. The maximum absolute atomic E-state index is 12.0. The van der Waals surface area contributed by atoms with E-state index < -0.39 is 0 Å².